The van der Waals surface area contributed by atoms with Crippen molar-refractivity contribution in [2.75, 3.05) is 21.3 Å². The van der Waals surface area contributed by atoms with E-state index in [2.05, 4.69) is 39.3 Å². The van der Waals surface area contributed by atoms with Gasteiger partial charge in [-0.25, -0.2) is 0 Å². The zero-order valence-corrected chi connectivity index (χ0v) is 17.5. The Balaban J connectivity index is 1.82. The van der Waals surface area contributed by atoms with Crippen molar-refractivity contribution in [2.24, 2.45) is 0 Å². The van der Waals surface area contributed by atoms with Gasteiger partial charge in [0.1, 0.15) is 0 Å². The van der Waals surface area contributed by atoms with Crippen molar-refractivity contribution < 1.29 is 14.2 Å². The van der Waals surface area contributed by atoms with E-state index in [0.29, 0.717) is 23.8 Å². The molecule has 0 aliphatic rings. The maximum absolute atomic E-state index is 5.47. The fraction of sp³-hybridized carbons (Fsp3) is 0.318. The minimum atomic E-state index is 0.106. The maximum atomic E-state index is 5.47. The molecule has 0 bridgehead atoms. The number of benzene rings is 1. The topological polar surface area (TPSA) is 52.6 Å². The third-order valence-corrected chi connectivity index (χ3v) is 5.32. The first-order chi connectivity index (χ1) is 13.6. The van der Waals surface area contributed by atoms with Crippen molar-refractivity contribution in [3.8, 4) is 17.2 Å². The van der Waals surface area contributed by atoms with Gasteiger partial charge in [0.2, 0.25) is 5.75 Å². The van der Waals surface area contributed by atoms with E-state index >= 15 is 0 Å². The van der Waals surface area contributed by atoms with Crippen LogP contribution in [0.25, 0.3) is 0 Å². The lowest BCUT2D eigenvalue weighted by atomic mass is 10.0. The van der Waals surface area contributed by atoms with Crippen LogP contribution in [0.3, 0.4) is 0 Å². The molecule has 3 aromatic rings. The highest BCUT2D eigenvalue weighted by Crippen LogP contribution is 2.38. The van der Waals surface area contributed by atoms with Crippen molar-refractivity contribution in [1.29, 1.82) is 0 Å². The van der Waals surface area contributed by atoms with Crippen molar-refractivity contribution in [2.45, 2.75) is 25.9 Å². The Morgan fingerprint density at radius 2 is 1.75 bits per heavy atom. The Bertz CT molecular complexity index is 854. The van der Waals surface area contributed by atoms with E-state index in [1.165, 1.54) is 5.56 Å². The lowest BCUT2D eigenvalue weighted by Crippen LogP contribution is -2.24. The minimum Gasteiger partial charge on any atom is -0.493 e. The smallest absolute Gasteiger partial charge is 0.203 e. The molecule has 148 valence electrons. The van der Waals surface area contributed by atoms with Gasteiger partial charge in [-0.05, 0) is 65.1 Å². The number of pyridine rings is 1. The van der Waals surface area contributed by atoms with Gasteiger partial charge in [0.05, 0.1) is 33.1 Å². The summed E-state index contributed by atoms with van der Waals surface area (Å²) in [7, 11) is 4.87. The number of aryl methyl sites for hydroxylation is 1. The van der Waals surface area contributed by atoms with Crippen LogP contribution in [0.2, 0.25) is 0 Å². The van der Waals surface area contributed by atoms with Crippen LogP contribution < -0.4 is 19.5 Å². The SMILES string of the molecule is COc1cc(CN[C@@H](Cc2ccsc2)c2ccc(C)cn2)cc(OC)c1OC. The van der Waals surface area contributed by atoms with E-state index < -0.39 is 0 Å². The largest absolute Gasteiger partial charge is 0.493 e. The van der Waals surface area contributed by atoms with E-state index in [4.69, 9.17) is 14.2 Å². The van der Waals surface area contributed by atoms with Crippen molar-refractivity contribution in [3.63, 3.8) is 0 Å². The van der Waals surface area contributed by atoms with Crippen LogP contribution in [0.15, 0.2) is 47.3 Å². The molecule has 2 aromatic heterocycles. The average Bonchev–Trinajstić information content (AvgIpc) is 3.24. The summed E-state index contributed by atoms with van der Waals surface area (Å²) >= 11 is 1.71. The quantitative estimate of drug-likeness (QED) is 0.573. The average molecular weight is 399 g/mol. The molecule has 0 spiro atoms. The Morgan fingerprint density at radius 1 is 1.00 bits per heavy atom. The zero-order chi connectivity index (χ0) is 19.9. The van der Waals surface area contributed by atoms with Crippen LogP contribution in [0, 0.1) is 6.92 Å². The van der Waals surface area contributed by atoms with Crippen LogP contribution in [0.4, 0.5) is 0 Å². The second kappa shape index (κ2) is 9.57. The molecule has 0 fully saturated rings. The Hall–Kier alpha value is -2.57. The van der Waals surface area contributed by atoms with Gasteiger partial charge in [0.25, 0.3) is 0 Å². The first kappa shape index (κ1) is 20.2. The zero-order valence-electron chi connectivity index (χ0n) is 16.7. The summed E-state index contributed by atoms with van der Waals surface area (Å²) in [6.07, 6.45) is 2.79. The van der Waals surface area contributed by atoms with Gasteiger partial charge >= 0.3 is 0 Å². The molecule has 1 N–H and O–H groups in total. The Kier molecular flexibility index (Phi) is 6.90. The molecule has 0 saturated carbocycles. The second-order valence-corrected chi connectivity index (χ2v) is 7.34. The standard InChI is InChI=1S/C22H26N2O3S/c1-15-5-6-18(23-12-15)19(9-16-7-8-28-14-16)24-13-17-10-20(25-2)22(27-4)21(11-17)26-3/h5-8,10-12,14,19,24H,9,13H2,1-4H3/t19-/m0/s1. The van der Waals surface area contributed by atoms with E-state index in [1.54, 1.807) is 32.7 Å². The Morgan fingerprint density at radius 3 is 2.29 bits per heavy atom. The molecule has 0 saturated heterocycles. The summed E-state index contributed by atoms with van der Waals surface area (Å²) in [4.78, 5) is 4.64. The van der Waals surface area contributed by atoms with Gasteiger partial charge in [-0.15, -0.1) is 0 Å². The normalized spacial score (nSPS) is 11.9. The number of methoxy groups -OCH3 is 3. The number of thiophene rings is 1. The third-order valence-electron chi connectivity index (χ3n) is 4.59. The number of hydrogen-bond acceptors (Lipinski definition) is 6. The fourth-order valence-corrected chi connectivity index (χ4v) is 3.77. The lowest BCUT2D eigenvalue weighted by Gasteiger charge is -2.19. The van der Waals surface area contributed by atoms with E-state index in [0.717, 1.165) is 23.2 Å². The highest BCUT2D eigenvalue weighted by molar-refractivity contribution is 7.07. The van der Waals surface area contributed by atoms with Crippen LogP contribution in [-0.4, -0.2) is 26.3 Å². The van der Waals surface area contributed by atoms with Crippen molar-refractivity contribution in [3.05, 3.63) is 69.7 Å². The van der Waals surface area contributed by atoms with Gasteiger partial charge < -0.3 is 19.5 Å². The predicted molar refractivity (Wildman–Crippen MR) is 113 cm³/mol. The highest BCUT2D eigenvalue weighted by Gasteiger charge is 2.17. The van der Waals surface area contributed by atoms with Gasteiger partial charge in [-0.1, -0.05) is 6.07 Å². The summed E-state index contributed by atoms with van der Waals surface area (Å²) in [6.45, 7) is 2.70. The summed E-state index contributed by atoms with van der Waals surface area (Å²) in [5.74, 6) is 1.91. The lowest BCUT2D eigenvalue weighted by molar-refractivity contribution is 0.323. The number of aromatic nitrogens is 1. The second-order valence-electron chi connectivity index (χ2n) is 6.56. The van der Waals surface area contributed by atoms with Gasteiger partial charge in [0.15, 0.2) is 11.5 Å². The van der Waals surface area contributed by atoms with Gasteiger partial charge in [-0.3, -0.25) is 4.98 Å². The predicted octanol–water partition coefficient (Wildman–Crippen LogP) is 4.55. The number of rotatable bonds is 9. The summed E-state index contributed by atoms with van der Waals surface area (Å²) < 4.78 is 16.3. The first-order valence-electron chi connectivity index (χ1n) is 9.10. The number of nitrogens with zero attached hydrogens (tertiary/aromatic N) is 1. The molecule has 0 amide bonds. The molecule has 0 unspecified atom stereocenters. The minimum absolute atomic E-state index is 0.106. The van der Waals surface area contributed by atoms with Crippen LogP contribution in [0.5, 0.6) is 17.2 Å². The molecule has 1 atom stereocenters. The summed E-state index contributed by atoms with van der Waals surface area (Å²) in [5.41, 5.74) is 4.54. The maximum Gasteiger partial charge on any atom is 0.203 e. The summed E-state index contributed by atoms with van der Waals surface area (Å²) in [5, 5.41) is 7.93. The molecule has 0 aliphatic carbocycles. The first-order valence-corrected chi connectivity index (χ1v) is 10.0. The molecule has 3 rings (SSSR count). The van der Waals surface area contributed by atoms with Crippen LogP contribution in [-0.2, 0) is 13.0 Å². The Labute approximate surface area is 170 Å². The van der Waals surface area contributed by atoms with E-state index in [-0.39, 0.29) is 6.04 Å². The van der Waals surface area contributed by atoms with Gasteiger partial charge in [-0.2, -0.15) is 11.3 Å². The molecule has 2 heterocycles. The van der Waals surface area contributed by atoms with E-state index in [1.807, 2.05) is 25.3 Å². The number of hydrogen-bond donors (Lipinski definition) is 1. The van der Waals surface area contributed by atoms with E-state index in [9.17, 15) is 0 Å². The molecule has 28 heavy (non-hydrogen) atoms. The van der Waals surface area contributed by atoms with Crippen LogP contribution in [0.1, 0.15) is 28.4 Å². The van der Waals surface area contributed by atoms with Crippen molar-refractivity contribution >= 4 is 11.3 Å². The summed E-state index contributed by atoms with van der Waals surface area (Å²) in [6, 6.07) is 10.4. The number of nitrogens with one attached hydrogen (secondary N) is 1. The molecular weight excluding hydrogens is 372 g/mol. The fourth-order valence-electron chi connectivity index (χ4n) is 3.09. The molecule has 0 radical (unpaired) electrons. The molecular formula is C22H26N2O3S. The molecule has 0 aliphatic heterocycles. The highest BCUT2D eigenvalue weighted by atomic mass is 32.1. The monoisotopic (exact) mass is 398 g/mol. The van der Waals surface area contributed by atoms with Crippen LogP contribution >= 0.6 is 11.3 Å². The molecule has 6 heteroatoms. The third kappa shape index (κ3) is 4.82. The molecule has 1 aromatic carbocycles. The van der Waals surface area contributed by atoms with Crippen molar-refractivity contribution in [1.82, 2.24) is 10.3 Å². The molecule has 5 nitrogen and oxygen atoms in total. The number of ether oxygens (including phenoxy) is 3. The van der Waals surface area contributed by atoms with Gasteiger partial charge in [0, 0.05) is 12.7 Å².